The summed E-state index contributed by atoms with van der Waals surface area (Å²) in [5.74, 6) is -1.44. The maximum atomic E-state index is 12.3. The van der Waals surface area contributed by atoms with E-state index in [1.165, 1.54) is 0 Å². The Morgan fingerprint density at radius 3 is 2.74 bits per heavy atom. The summed E-state index contributed by atoms with van der Waals surface area (Å²) in [6, 6.07) is 7.96. The lowest BCUT2D eigenvalue weighted by Gasteiger charge is -2.11. The Hall–Kier alpha value is -2.30. The highest BCUT2D eigenvalue weighted by molar-refractivity contribution is 5.95. The van der Waals surface area contributed by atoms with Crippen molar-refractivity contribution in [2.45, 2.75) is 39.2 Å². The first-order valence-electron chi connectivity index (χ1n) is 8.21. The number of aryl methyl sites for hydroxylation is 1. The number of carbonyl (C=O) groups excluding carboxylic acids is 1. The molecule has 0 bridgehead atoms. The van der Waals surface area contributed by atoms with Crippen molar-refractivity contribution in [3.63, 3.8) is 0 Å². The molecule has 5 nitrogen and oxygen atoms in total. The van der Waals surface area contributed by atoms with Gasteiger partial charge in [-0.15, -0.1) is 0 Å². The number of nitrogens with one attached hydrogen (secondary N) is 1. The lowest BCUT2D eigenvalue weighted by atomic mass is 10.0. The number of benzene rings is 1. The largest absolute Gasteiger partial charge is 0.481 e. The Labute approximate surface area is 135 Å². The van der Waals surface area contributed by atoms with E-state index in [-0.39, 0.29) is 17.7 Å². The zero-order valence-corrected chi connectivity index (χ0v) is 13.3. The summed E-state index contributed by atoms with van der Waals surface area (Å²) in [5.41, 5.74) is 1.94. The predicted molar refractivity (Wildman–Crippen MR) is 89.3 cm³/mol. The molecule has 1 saturated carbocycles. The molecular formula is C18H22N2O3. The van der Waals surface area contributed by atoms with E-state index >= 15 is 0 Å². The van der Waals surface area contributed by atoms with Crippen LogP contribution in [0.15, 0.2) is 30.5 Å². The first kappa shape index (κ1) is 15.6. The predicted octanol–water partition coefficient (Wildman–Crippen LogP) is 3.49. The van der Waals surface area contributed by atoms with Crippen molar-refractivity contribution < 1.29 is 14.7 Å². The molecular weight excluding hydrogens is 292 g/mol. The van der Waals surface area contributed by atoms with Gasteiger partial charge in [-0.1, -0.05) is 6.92 Å². The molecule has 1 heterocycles. The van der Waals surface area contributed by atoms with Gasteiger partial charge in [0, 0.05) is 35.2 Å². The van der Waals surface area contributed by atoms with Crippen LogP contribution in [-0.4, -0.2) is 21.6 Å². The normalized spacial score (nSPS) is 20.7. The highest BCUT2D eigenvalue weighted by atomic mass is 16.4. The third kappa shape index (κ3) is 3.23. The van der Waals surface area contributed by atoms with Gasteiger partial charge in [-0.25, -0.2) is 0 Å². The van der Waals surface area contributed by atoms with Crippen molar-refractivity contribution >= 4 is 28.5 Å². The van der Waals surface area contributed by atoms with Crippen LogP contribution in [0.4, 0.5) is 5.69 Å². The Morgan fingerprint density at radius 2 is 2.04 bits per heavy atom. The second-order valence-electron chi connectivity index (χ2n) is 6.32. The first-order chi connectivity index (χ1) is 11.1. The second-order valence-corrected chi connectivity index (χ2v) is 6.32. The van der Waals surface area contributed by atoms with E-state index in [9.17, 15) is 9.59 Å². The van der Waals surface area contributed by atoms with Gasteiger partial charge >= 0.3 is 5.97 Å². The molecule has 0 radical (unpaired) electrons. The average Bonchev–Trinajstić information content (AvgIpc) is 3.15. The van der Waals surface area contributed by atoms with Crippen LogP contribution in [0.3, 0.4) is 0 Å². The topological polar surface area (TPSA) is 71.3 Å². The molecule has 5 heteroatoms. The fraction of sp³-hybridized carbons (Fsp3) is 0.444. The van der Waals surface area contributed by atoms with E-state index in [0.717, 1.165) is 29.6 Å². The third-order valence-electron chi connectivity index (χ3n) is 4.66. The van der Waals surface area contributed by atoms with Crippen molar-refractivity contribution in [3.05, 3.63) is 30.5 Å². The van der Waals surface area contributed by atoms with E-state index in [0.29, 0.717) is 19.3 Å². The Morgan fingerprint density at radius 1 is 1.26 bits per heavy atom. The first-order valence-corrected chi connectivity index (χ1v) is 8.21. The molecule has 122 valence electrons. The smallest absolute Gasteiger partial charge is 0.306 e. The molecule has 2 atom stereocenters. The van der Waals surface area contributed by atoms with Crippen molar-refractivity contribution in [3.8, 4) is 0 Å². The van der Waals surface area contributed by atoms with Crippen LogP contribution in [0.5, 0.6) is 0 Å². The van der Waals surface area contributed by atoms with Crippen molar-refractivity contribution in [2.75, 3.05) is 5.32 Å². The zero-order chi connectivity index (χ0) is 16.4. The van der Waals surface area contributed by atoms with Gasteiger partial charge < -0.3 is 15.0 Å². The van der Waals surface area contributed by atoms with Crippen LogP contribution in [-0.2, 0) is 16.1 Å². The Kier molecular flexibility index (Phi) is 4.37. The molecule has 3 rings (SSSR count). The van der Waals surface area contributed by atoms with Crippen LogP contribution >= 0.6 is 0 Å². The summed E-state index contributed by atoms with van der Waals surface area (Å²) in [4.78, 5) is 23.3. The number of carboxylic acid groups (broad SMARTS) is 1. The van der Waals surface area contributed by atoms with E-state index in [4.69, 9.17) is 5.11 Å². The monoisotopic (exact) mass is 314 g/mol. The van der Waals surface area contributed by atoms with Gasteiger partial charge in [-0.2, -0.15) is 0 Å². The lowest BCUT2D eigenvalue weighted by Crippen LogP contribution is -2.21. The lowest BCUT2D eigenvalue weighted by molar-refractivity contribution is -0.141. The molecule has 1 aliphatic rings. The standard InChI is InChI=1S/C18H22N2O3/c1-2-8-20-9-7-12-11-15(5-6-16(12)20)19-17(21)13-3-4-14(10-13)18(22)23/h5-7,9,11,13-14H,2-4,8,10H2,1H3,(H,19,21)(H,22,23). The second kappa shape index (κ2) is 6.44. The molecule has 1 aromatic carbocycles. The Bertz CT molecular complexity index is 735. The van der Waals surface area contributed by atoms with Gasteiger partial charge in [0.2, 0.25) is 5.91 Å². The molecule has 0 aliphatic heterocycles. The van der Waals surface area contributed by atoms with Gasteiger partial charge in [0.05, 0.1) is 5.92 Å². The minimum absolute atomic E-state index is 0.0684. The molecule has 1 fully saturated rings. The molecule has 0 spiro atoms. The molecule has 1 aromatic heterocycles. The van der Waals surface area contributed by atoms with Gasteiger partial charge in [0.1, 0.15) is 0 Å². The minimum Gasteiger partial charge on any atom is -0.481 e. The van der Waals surface area contributed by atoms with E-state index < -0.39 is 5.97 Å². The van der Waals surface area contributed by atoms with E-state index in [2.05, 4.69) is 29.1 Å². The molecule has 0 saturated heterocycles. The zero-order valence-electron chi connectivity index (χ0n) is 13.3. The van der Waals surface area contributed by atoms with Crippen LogP contribution in [0.1, 0.15) is 32.6 Å². The van der Waals surface area contributed by atoms with Crippen LogP contribution in [0.2, 0.25) is 0 Å². The van der Waals surface area contributed by atoms with E-state index in [1.54, 1.807) is 0 Å². The fourth-order valence-electron chi connectivity index (χ4n) is 3.40. The van der Waals surface area contributed by atoms with Crippen molar-refractivity contribution in [2.24, 2.45) is 11.8 Å². The van der Waals surface area contributed by atoms with E-state index in [1.807, 2.05) is 18.2 Å². The summed E-state index contributed by atoms with van der Waals surface area (Å²) in [7, 11) is 0. The SMILES string of the molecule is CCCn1ccc2cc(NC(=O)C3CCC(C(=O)O)C3)ccc21. The Balaban J connectivity index is 1.69. The third-order valence-corrected chi connectivity index (χ3v) is 4.66. The number of amides is 1. The van der Waals surface area contributed by atoms with Crippen LogP contribution in [0, 0.1) is 11.8 Å². The van der Waals surface area contributed by atoms with Gasteiger partial charge in [-0.3, -0.25) is 9.59 Å². The summed E-state index contributed by atoms with van der Waals surface area (Å²) in [6.45, 7) is 3.13. The number of nitrogens with zero attached hydrogens (tertiary/aromatic N) is 1. The minimum atomic E-state index is -0.793. The summed E-state index contributed by atoms with van der Waals surface area (Å²) in [5, 5.41) is 13.1. The van der Waals surface area contributed by atoms with Gasteiger partial charge in [-0.05, 0) is 49.9 Å². The van der Waals surface area contributed by atoms with Gasteiger partial charge in [0.15, 0.2) is 0 Å². The molecule has 1 amide bonds. The fourth-order valence-corrected chi connectivity index (χ4v) is 3.40. The number of hydrogen-bond acceptors (Lipinski definition) is 2. The van der Waals surface area contributed by atoms with Crippen molar-refractivity contribution in [1.82, 2.24) is 4.57 Å². The van der Waals surface area contributed by atoms with Crippen LogP contribution < -0.4 is 5.32 Å². The number of aliphatic carboxylic acids is 1. The average molecular weight is 314 g/mol. The molecule has 1 aliphatic carbocycles. The summed E-state index contributed by atoms with van der Waals surface area (Å²) < 4.78 is 2.20. The number of rotatable bonds is 5. The summed E-state index contributed by atoms with van der Waals surface area (Å²) >= 11 is 0. The van der Waals surface area contributed by atoms with Crippen molar-refractivity contribution in [1.29, 1.82) is 0 Å². The highest BCUT2D eigenvalue weighted by Gasteiger charge is 2.33. The number of aromatic nitrogens is 1. The molecule has 2 unspecified atom stereocenters. The molecule has 23 heavy (non-hydrogen) atoms. The maximum absolute atomic E-state index is 12.3. The number of fused-ring (bicyclic) bond motifs is 1. The summed E-state index contributed by atoms with van der Waals surface area (Å²) in [6.07, 6.45) is 4.82. The maximum Gasteiger partial charge on any atom is 0.306 e. The van der Waals surface area contributed by atoms with Gasteiger partial charge in [0.25, 0.3) is 0 Å². The van der Waals surface area contributed by atoms with Crippen LogP contribution in [0.25, 0.3) is 10.9 Å². The number of hydrogen-bond donors (Lipinski definition) is 2. The number of anilines is 1. The number of carbonyl (C=O) groups is 2. The number of carboxylic acids is 1. The quantitative estimate of drug-likeness (QED) is 0.887. The molecule has 2 aromatic rings. The molecule has 2 N–H and O–H groups in total. The highest BCUT2D eigenvalue weighted by Crippen LogP contribution is 2.32.